The fourth-order valence-corrected chi connectivity index (χ4v) is 1.08. The maximum atomic E-state index is 10.7. The first-order valence-electron chi connectivity index (χ1n) is 4.88. The molecule has 0 saturated heterocycles. The molecule has 0 amide bonds. The third-order valence-corrected chi connectivity index (χ3v) is 2.05. The van der Waals surface area contributed by atoms with E-state index < -0.39 is 39.4 Å². The molecule has 0 saturated carbocycles. The Balaban J connectivity index is 0. The quantitative estimate of drug-likeness (QED) is 0.233. The second-order valence-corrected chi connectivity index (χ2v) is 4.49. The monoisotopic (exact) mass is 353 g/mol. The van der Waals surface area contributed by atoms with Crippen LogP contribution in [0.1, 0.15) is 13.8 Å². The van der Waals surface area contributed by atoms with E-state index in [4.69, 9.17) is 30.4 Å². The van der Waals surface area contributed by atoms with Gasteiger partial charge in [-0.05, 0) is 13.8 Å². The molecule has 0 rings (SSSR count). The Bertz CT molecular complexity index is 330. The number of hydrogen-bond acceptors (Lipinski definition) is 12. The molecule has 0 unspecified atom stereocenters. The van der Waals surface area contributed by atoms with Gasteiger partial charge in [-0.3, -0.25) is 9.68 Å². The van der Waals surface area contributed by atoms with E-state index in [1.807, 2.05) is 0 Å². The van der Waals surface area contributed by atoms with Crippen molar-refractivity contribution in [2.75, 3.05) is 13.5 Å². The fourth-order valence-electron chi connectivity index (χ4n) is 1.08. The minimum Gasteiger partial charge on any atom is -0.277 e. The lowest BCUT2D eigenvalue weighted by Crippen LogP contribution is -2.68. The lowest BCUT2D eigenvalue weighted by Gasteiger charge is -2.33. The van der Waals surface area contributed by atoms with Gasteiger partial charge in [0.2, 0.25) is 5.66 Å². The van der Waals surface area contributed by atoms with Crippen LogP contribution in [0.3, 0.4) is 0 Å². The van der Waals surface area contributed by atoms with Crippen LogP contribution in [0.15, 0.2) is 0 Å². The van der Waals surface area contributed by atoms with Crippen molar-refractivity contribution in [2.45, 2.75) is 19.5 Å². The average molecular weight is 354 g/mol. The Morgan fingerprint density at radius 2 is 1.18 bits per heavy atom. The van der Waals surface area contributed by atoms with Gasteiger partial charge in [0, 0.05) is 0 Å². The number of hydrogen-bond donors (Lipinski definition) is 2. The van der Waals surface area contributed by atoms with Crippen LogP contribution in [-0.4, -0.2) is 39.2 Å². The smallest absolute Gasteiger partial charge is 0.227 e. The normalized spacial score (nSPS) is 11.3. The summed E-state index contributed by atoms with van der Waals surface area (Å²) in [6.07, 6.45) is 0. The Labute approximate surface area is 124 Å². The molecular weight excluding hydrogens is 340 g/mol. The number of nitro groups is 2. The molecule has 4 N–H and O–H groups in total. The molecule has 132 valence electrons. The molecular formula is C5H14ClN6O10-. The van der Waals surface area contributed by atoms with Gasteiger partial charge < -0.3 is 0 Å². The molecule has 0 fully saturated rings. The van der Waals surface area contributed by atoms with Gasteiger partial charge in [-0.25, -0.2) is 50.7 Å². The first kappa shape index (κ1) is 22.6. The van der Waals surface area contributed by atoms with Gasteiger partial charge in [0.1, 0.15) is 0 Å². The van der Waals surface area contributed by atoms with E-state index in [1.165, 1.54) is 13.8 Å². The minimum absolute atomic E-state index is 0.425. The molecule has 22 heavy (non-hydrogen) atoms. The Morgan fingerprint density at radius 3 is 1.32 bits per heavy atom. The van der Waals surface area contributed by atoms with Crippen LogP contribution in [0.5, 0.6) is 0 Å². The highest BCUT2D eigenvalue weighted by atomic mass is 35.7. The van der Waals surface area contributed by atoms with Crippen LogP contribution in [0.25, 0.3) is 0 Å². The number of hydrazine groups is 2. The van der Waals surface area contributed by atoms with Crippen molar-refractivity contribution in [2.24, 2.45) is 11.8 Å². The second kappa shape index (κ2) is 9.40. The van der Waals surface area contributed by atoms with Crippen molar-refractivity contribution in [3.05, 3.63) is 20.2 Å². The van der Waals surface area contributed by atoms with Crippen LogP contribution in [-0.2, 0) is 9.68 Å². The lowest BCUT2D eigenvalue weighted by molar-refractivity contribution is -2.00. The summed E-state index contributed by atoms with van der Waals surface area (Å²) in [6.45, 7) is 1.15. The molecule has 0 bridgehead atoms. The van der Waals surface area contributed by atoms with Crippen LogP contribution in [0, 0.1) is 30.5 Å². The lowest BCUT2D eigenvalue weighted by atomic mass is 10.2. The fraction of sp³-hybridized carbons (Fsp3) is 1.00. The summed E-state index contributed by atoms with van der Waals surface area (Å²) >= 11 is 0. The predicted octanol–water partition coefficient (Wildman–Crippen LogP) is -6.35. The van der Waals surface area contributed by atoms with Crippen LogP contribution in [0.4, 0.5) is 0 Å². The largest absolute Gasteiger partial charge is 0.277 e. The highest BCUT2D eigenvalue weighted by Crippen LogP contribution is 2.19. The molecule has 0 aliphatic rings. The highest BCUT2D eigenvalue weighted by molar-refractivity contribution is 4.69. The van der Waals surface area contributed by atoms with Gasteiger partial charge in [-0.1, -0.05) is 10.0 Å². The molecule has 0 spiro atoms. The van der Waals surface area contributed by atoms with E-state index in [-0.39, 0.29) is 0 Å². The molecule has 17 heteroatoms. The summed E-state index contributed by atoms with van der Waals surface area (Å²) in [6, 6.07) is 0. The molecule has 16 nitrogen and oxygen atoms in total. The highest BCUT2D eigenvalue weighted by Gasteiger charge is 2.47. The van der Waals surface area contributed by atoms with Gasteiger partial charge in [0.15, 0.2) is 23.5 Å². The molecule has 0 aromatic rings. The first-order valence-corrected chi connectivity index (χ1v) is 6.11. The number of nitrogens with two attached hydrogens (primary N) is 2. The van der Waals surface area contributed by atoms with Gasteiger partial charge in [-0.2, -0.15) is 0 Å². The number of nitrogens with zero attached hydrogens (tertiary/aromatic N) is 4. The van der Waals surface area contributed by atoms with Gasteiger partial charge in [-0.15, -0.1) is 10.2 Å². The van der Waals surface area contributed by atoms with E-state index in [1.54, 1.807) is 0 Å². The summed E-state index contributed by atoms with van der Waals surface area (Å²) in [4.78, 5) is 29.7. The Hall–Kier alpha value is -1.63. The maximum absolute atomic E-state index is 10.7. The molecule has 0 atom stereocenters. The summed E-state index contributed by atoms with van der Waals surface area (Å²) in [5, 5.41) is 20.6. The van der Waals surface area contributed by atoms with Crippen LogP contribution < -0.4 is 30.4 Å². The van der Waals surface area contributed by atoms with E-state index >= 15 is 0 Å². The molecule has 0 aliphatic heterocycles. The van der Waals surface area contributed by atoms with E-state index in [9.17, 15) is 20.2 Å². The summed E-state index contributed by atoms with van der Waals surface area (Å²) < 4.78 is 34.0. The number of rotatable bonds is 8. The Kier molecular flexibility index (Phi) is 9.68. The van der Waals surface area contributed by atoms with Gasteiger partial charge >= 0.3 is 0 Å². The molecule has 0 aliphatic carbocycles. The predicted molar refractivity (Wildman–Crippen MR) is 52.0 cm³/mol. The molecule has 0 heterocycles. The van der Waals surface area contributed by atoms with Crippen molar-refractivity contribution in [3.8, 4) is 0 Å². The first-order chi connectivity index (χ1) is 9.78. The van der Waals surface area contributed by atoms with Crippen molar-refractivity contribution < 1.29 is 48.6 Å². The zero-order chi connectivity index (χ0) is 18.1. The van der Waals surface area contributed by atoms with Gasteiger partial charge in [0.25, 0.3) is 0 Å². The standard InChI is InChI=1S/C5H14N6O6.ClHO4/c1-5(2,8(3-16-6)10(12)13)9(4-17-7)11(14)15;2-1(3,4)5/h3-4,6-7H2,1-2H3;(H,2,3,4,5)/p-1. The molecule has 0 radical (unpaired) electrons. The summed E-state index contributed by atoms with van der Waals surface area (Å²) in [5.41, 5.74) is -1.66. The third-order valence-electron chi connectivity index (χ3n) is 2.05. The summed E-state index contributed by atoms with van der Waals surface area (Å²) in [7, 11) is -4.94. The van der Waals surface area contributed by atoms with Crippen LogP contribution >= 0.6 is 0 Å². The van der Waals surface area contributed by atoms with E-state index in [0.29, 0.717) is 10.0 Å². The summed E-state index contributed by atoms with van der Waals surface area (Å²) in [5.74, 6) is 9.45. The second-order valence-electron chi connectivity index (χ2n) is 3.74. The molecule has 0 aromatic heterocycles. The van der Waals surface area contributed by atoms with Crippen molar-refractivity contribution >= 4 is 0 Å². The zero-order valence-corrected chi connectivity index (χ0v) is 12.1. The van der Waals surface area contributed by atoms with Crippen molar-refractivity contribution in [1.29, 1.82) is 0 Å². The zero-order valence-electron chi connectivity index (χ0n) is 11.3. The maximum Gasteiger partial charge on any atom is 0.227 e. The molecule has 0 aromatic carbocycles. The average Bonchev–Trinajstić information content (AvgIpc) is 2.29. The van der Waals surface area contributed by atoms with E-state index in [0.717, 1.165) is 0 Å². The van der Waals surface area contributed by atoms with Crippen molar-refractivity contribution in [1.82, 2.24) is 10.0 Å². The van der Waals surface area contributed by atoms with Crippen molar-refractivity contribution in [3.63, 3.8) is 0 Å². The van der Waals surface area contributed by atoms with Gasteiger partial charge in [0.05, 0.1) is 0 Å². The Morgan fingerprint density at radius 1 is 0.955 bits per heavy atom. The van der Waals surface area contributed by atoms with Crippen LogP contribution in [0.2, 0.25) is 0 Å². The van der Waals surface area contributed by atoms with E-state index in [2.05, 4.69) is 9.68 Å². The third kappa shape index (κ3) is 9.33. The number of halogens is 1. The SMILES string of the molecule is CC(C)(N(CON)[N+](=O)[O-])N(CON)[N+](=O)[O-].[O-][Cl+3]([O-])([O-])[O-]. The topological polar surface area (TPSA) is 256 Å². The minimum atomic E-state index is -4.94.